The van der Waals surface area contributed by atoms with E-state index in [4.69, 9.17) is 0 Å². The Kier molecular flexibility index (Phi) is 8.12. The average molecular weight is 326 g/mol. The van der Waals surface area contributed by atoms with Gasteiger partial charge in [-0.2, -0.15) is 0 Å². The summed E-state index contributed by atoms with van der Waals surface area (Å²) in [6, 6.07) is 4.39. The van der Waals surface area contributed by atoms with Crippen LogP contribution in [0.25, 0.3) is 0 Å². The molecule has 0 aliphatic rings. The van der Waals surface area contributed by atoms with Crippen LogP contribution >= 0.6 is 28.3 Å². The second kappa shape index (κ2) is 8.44. The third-order valence-corrected chi connectivity index (χ3v) is 2.56. The van der Waals surface area contributed by atoms with E-state index in [1.807, 2.05) is 7.05 Å². The van der Waals surface area contributed by atoms with E-state index in [9.17, 15) is 9.18 Å². The molecule has 0 unspecified atom stereocenters. The van der Waals surface area contributed by atoms with Crippen molar-refractivity contribution in [1.29, 1.82) is 0 Å². The maximum Gasteiger partial charge on any atom is 0.254 e. The molecule has 0 heterocycles. The SMILES string of the molecule is CNCCCNC(=O)c1ccc(Br)cc1F.Cl. The number of amides is 1. The summed E-state index contributed by atoms with van der Waals surface area (Å²) in [6.07, 6.45) is 0.820. The third kappa shape index (κ3) is 5.48. The van der Waals surface area contributed by atoms with E-state index in [0.717, 1.165) is 13.0 Å². The zero-order valence-corrected chi connectivity index (χ0v) is 11.8. The molecule has 0 aliphatic heterocycles. The van der Waals surface area contributed by atoms with Crippen LogP contribution in [0.1, 0.15) is 16.8 Å². The molecule has 0 atom stereocenters. The minimum Gasteiger partial charge on any atom is -0.352 e. The van der Waals surface area contributed by atoms with Gasteiger partial charge in [0.1, 0.15) is 5.82 Å². The molecule has 1 amide bonds. The molecular formula is C11H15BrClFN2O. The number of hydrogen-bond acceptors (Lipinski definition) is 2. The Labute approximate surface area is 115 Å². The molecule has 0 fully saturated rings. The van der Waals surface area contributed by atoms with Gasteiger partial charge in [0.15, 0.2) is 0 Å². The summed E-state index contributed by atoms with van der Waals surface area (Å²) in [4.78, 5) is 11.6. The lowest BCUT2D eigenvalue weighted by atomic mass is 10.2. The van der Waals surface area contributed by atoms with Gasteiger partial charge in [0.25, 0.3) is 5.91 Å². The summed E-state index contributed by atoms with van der Waals surface area (Å²) < 4.78 is 14.0. The van der Waals surface area contributed by atoms with Gasteiger partial charge in [-0.3, -0.25) is 4.79 Å². The van der Waals surface area contributed by atoms with E-state index in [1.54, 1.807) is 6.07 Å². The fourth-order valence-electron chi connectivity index (χ4n) is 1.24. The largest absolute Gasteiger partial charge is 0.352 e. The topological polar surface area (TPSA) is 41.1 Å². The predicted octanol–water partition coefficient (Wildman–Crippen LogP) is 2.35. The van der Waals surface area contributed by atoms with Gasteiger partial charge in [0, 0.05) is 11.0 Å². The van der Waals surface area contributed by atoms with Crippen molar-refractivity contribution in [2.45, 2.75) is 6.42 Å². The van der Waals surface area contributed by atoms with Gasteiger partial charge in [0.2, 0.25) is 0 Å². The summed E-state index contributed by atoms with van der Waals surface area (Å²) in [5, 5.41) is 5.63. The van der Waals surface area contributed by atoms with Crippen molar-refractivity contribution >= 4 is 34.2 Å². The highest BCUT2D eigenvalue weighted by Crippen LogP contribution is 2.14. The van der Waals surface area contributed by atoms with Crippen molar-refractivity contribution in [3.63, 3.8) is 0 Å². The standard InChI is InChI=1S/C11H14BrFN2O.ClH/c1-14-5-2-6-15-11(16)9-4-3-8(12)7-10(9)13;/h3-4,7,14H,2,5-6H2,1H3,(H,15,16);1H. The number of halogens is 3. The molecule has 1 rings (SSSR count). The van der Waals surface area contributed by atoms with E-state index < -0.39 is 5.82 Å². The molecule has 3 nitrogen and oxygen atoms in total. The van der Waals surface area contributed by atoms with Gasteiger partial charge in [-0.1, -0.05) is 15.9 Å². The van der Waals surface area contributed by atoms with Crippen molar-refractivity contribution in [1.82, 2.24) is 10.6 Å². The van der Waals surface area contributed by atoms with Gasteiger partial charge in [-0.15, -0.1) is 12.4 Å². The van der Waals surface area contributed by atoms with Crippen LogP contribution in [0.4, 0.5) is 4.39 Å². The first-order valence-electron chi connectivity index (χ1n) is 5.03. The number of benzene rings is 1. The van der Waals surface area contributed by atoms with Crippen LogP contribution in [0.3, 0.4) is 0 Å². The number of carbonyl (C=O) groups excluding carboxylic acids is 1. The lowest BCUT2D eigenvalue weighted by molar-refractivity contribution is 0.0949. The predicted molar refractivity (Wildman–Crippen MR) is 72.2 cm³/mol. The van der Waals surface area contributed by atoms with Crippen LogP contribution < -0.4 is 10.6 Å². The normalized spacial score (nSPS) is 9.59. The molecule has 0 aliphatic carbocycles. The lowest BCUT2D eigenvalue weighted by Gasteiger charge is -2.06. The van der Waals surface area contributed by atoms with Crippen molar-refractivity contribution < 1.29 is 9.18 Å². The van der Waals surface area contributed by atoms with Gasteiger partial charge in [-0.05, 0) is 38.2 Å². The highest BCUT2D eigenvalue weighted by Gasteiger charge is 2.10. The highest BCUT2D eigenvalue weighted by molar-refractivity contribution is 9.10. The van der Waals surface area contributed by atoms with Crippen LogP contribution in [0.15, 0.2) is 22.7 Å². The van der Waals surface area contributed by atoms with Crippen LogP contribution in [0.5, 0.6) is 0 Å². The molecule has 96 valence electrons. The van der Waals surface area contributed by atoms with Gasteiger partial charge in [-0.25, -0.2) is 4.39 Å². The fourth-order valence-corrected chi connectivity index (χ4v) is 1.57. The van der Waals surface area contributed by atoms with E-state index in [-0.39, 0.29) is 23.9 Å². The Morgan fingerprint density at radius 2 is 2.12 bits per heavy atom. The Morgan fingerprint density at radius 1 is 1.41 bits per heavy atom. The van der Waals surface area contributed by atoms with Crippen LogP contribution in [-0.4, -0.2) is 26.0 Å². The van der Waals surface area contributed by atoms with Crippen LogP contribution in [-0.2, 0) is 0 Å². The first-order valence-corrected chi connectivity index (χ1v) is 5.82. The maximum absolute atomic E-state index is 13.4. The zero-order valence-electron chi connectivity index (χ0n) is 9.43. The van der Waals surface area contributed by atoms with Crippen molar-refractivity contribution in [3.05, 3.63) is 34.1 Å². The van der Waals surface area contributed by atoms with Gasteiger partial charge >= 0.3 is 0 Å². The molecule has 0 spiro atoms. The second-order valence-electron chi connectivity index (χ2n) is 3.34. The quantitative estimate of drug-likeness (QED) is 0.816. The highest BCUT2D eigenvalue weighted by atomic mass is 79.9. The minimum atomic E-state index is -0.513. The summed E-state index contributed by atoms with van der Waals surface area (Å²) in [5.41, 5.74) is 0.0765. The molecule has 17 heavy (non-hydrogen) atoms. The number of rotatable bonds is 5. The Morgan fingerprint density at radius 3 is 2.71 bits per heavy atom. The number of nitrogens with one attached hydrogen (secondary N) is 2. The number of hydrogen-bond donors (Lipinski definition) is 2. The van der Waals surface area contributed by atoms with Crippen molar-refractivity contribution in [2.24, 2.45) is 0 Å². The van der Waals surface area contributed by atoms with Crippen LogP contribution in [0, 0.1) is 5.82 Å². The van der Waals surface area contributed by atoms with Crippen molar-refractivity contribution in [3.8, 4) is 0 Å². The second-order valence-corrected chi connectivity index (χ2v) is 4.25. The molecule has 1 aromatic rings. The van der Waals surface area contributed by atoms with E-state index >= 15 is 0 Å². The van der Waals surface area contributed by atoms with E-state index in [2.05, 4.69) is 26.6 Å². The molecule has 0 bridgehead atoms. The molecule has 1 aromatic carbocycles. The summed E-state index contributed by atoms with van der Waals surface area (Å²) in [7, 11) is 1.84. The maximum atomic E-state index is 13.4. The number of carbonyl (C=O) groups is 1. The first kappa shape index (κ1) is 16.4. The molecule has 0 aromatic heterocycles. The summed E-state index contributed by atoms with van der Waals surface area (Å²) in [6.45, 7) is 1.36. The molecular weight excluding hydrogens is 310 g/mol. The molecule has 6 heteroatoms. The average Bonchev–Trinajstić information content (AvgIpc) is 2.24. The zero-order chi connectivity index (χ0) is 12.0. The Bertz CT molecular complexity index is 376. The Hall–Kier alpha value is -0.650. The summed E-state index contributed by atoms with van der Waals surface area (Å²) in [5.74, 6) is -0.887. The smallest absolute Gasteiger partial charge is 0.254 e. The minimum absolute atomic E-state index is 0. The van der Waals surface area contributed by atoms with E-state index in [0.29, 0.717) is 11.0 Å². The lowest BCUT2D eigenvalue weighted by Crippen LogP contribution is -2.27. The van der Waals surface area contributed by atoms with E-state index in [1.165, 1.54) is 12.1 Å². The molecule has 0 saturated carbocycles. The Balaban J connectivity index is 0.00000256. The fraction of sp³-hybridized carbons (Fsp3) is 0.364. The third-order valence-electron chi connectivity index (χ3n) is 2.06. The molecule has 0 radical (unpaired) electrons. The monoisotopic (exact) mass is 324 g/mol. The van der Waals surface area contributed by atoms with Gasteiger partial charge in [0.05, 0.1) is 5.56 Å². The van der Waals surface area contributed by atoms with Crippen LogP contribution in [0.2, 0.25) is 0 Å². The molecule has 0 saturated heterocycles. The summed E-state index contributed by atoms with van der Waals surface area (Å²) >= 11 is 3.14. The first-order chi connectivity index (χ1) is 7.65. The molecule has 2 N–H and O–H groups in total. The van der Waals surface area contributed by atoms with Gasteiger partial charge < -0.3 is 10.6 Å². The van der Waals surface area contributed by atoms with Crippen molar-refractivity contribution in [2.75, 3.05) is 20.1 Å².